The Balaban J connectivity index is 1.35. The number of anilines is 1. The zero-order valence-electron chi connectivity index (χ0n) is 16.4. The molecule has 1 aromatic heterocycles. The molecule has 0 spiro atoms. The van der Waals surface area contributed by atoms with Crippen LogP contribution in [0.1, 0.15) is 44.2 Å². The van der Waals surface area contributed by atoms with Crippen molar-refractivity contribution in [1.29, 1.82) is 0 Å². The lowest BCUT2D eigenvalue weighted by molar-refractivity contribution is -0.223. The number of aromatic nitrogens is 2. The Hall–Kier alpha value is -2.77. The Morgan fingerprint density at radius 1 is 1.41 bits per heavy atom. The Morgan fingerprint density at radius 3 is 2.86 bits per heavy atom. The second kappa shape index (κ2) is 6.37. The maximum absolute atomic E-state index is 13.9. The van der Waals surface area contributed by atoms with Crippen molar-refractivity contribution in [3.8, 4) is 0 Å². The first kappa shape index (κ1) is 18.3. The third kappa shape index (κ3) is 2.84. The number of alkyl halides is 1. The Morgan fingerprint density at radius 2 is 2.21 bits per heavy atom. The molecule has 3 heterocycles. The van der Waals surface area contributed by atoms with Crippen molar-refractivity contribution in [3.63, 3.8) is 0 Å². The Bertz CT molecular complexity index is 934. The van der Waals surface area contributed by atoms with E-state index in [2.05, 4.69) is 26.4 Å². The number of hydrogen-bond acceptors (Lipinski definition) is 6. The number of hydrogen-bond donors (Lipinski definition) is 2. The zero-order chi connectivity index (χ0) is 20.2. The summed E-state index contributed by atoms with van der Waals surface area (Å²) in [6.07, 6.45) is 10.9. The summed E-state index contributed by atoms with van der Waals surface area (Å²) in [5.74, 6) is 0.620. The number of fused-ring (bicyclic) bond motifs is 2. The third-order valence-electron chi connectivity index (χ3n) is 6.74. The molecule has 2 aliphatic heterocycles. The molecule has 0 radical (unpaired) electrons. The predicted molar refractivity (Wildman–Crippen MR) is 109 cm³/mol. The van der Waals surface area contributed by atoms with Crippen molar-refractivity contribution in [2.24, 2.45) is 16.1 Å². The molecule has 7 nitrogen and oxygen atoms in total. The first-order valence-electron chi connectivity index (χ1n) is 10.1. The Labute approximate surface area is 169 Å². The van der Waals surface area contributed by atoms with E-state index in [4.69, 9.17) is 5.73 Å². The fourth-order valence-electron chi connectivity index (χ4n) is 5.48. The molecular weight excluding hydrogens is 371 g/mol. The zero-order valence-corrected chi connectivity index (χ0v) is 16.4. The molecular formula is C21H25FN6O. The number of aliphatic imine (C=N–C) groups is 1. The summed E-state index contributed by atoms with van der Waals surface area (Å²) in [6, 6.07) is 2.15. The van der Waals surface area contributed by atoms with Gasteiger partial charge in [-0.3, -0.25) is 9.79 Å². The van der Waals surface area contributed by atoms with Crippen molar-refractivity contribution in [1.82, 2.24) is 14.9 Å². The quantitative estimate of drug-likeness (QED) is 0.745. The SMILES string of the molecule is CN=C/C(=C\N)Nc1nccc(C2=CC3CCC(C2)N3C(=O)C23CC(F)(C2)C3)n1. The van der Waals surface area contributed by atoms with Gasteiger partial charge in [-0.25, -0.2) is 14.4 Å². The first-order chi connectivity index (χ1) is 14.0. The van der Waals surface area contributed by atoms with E-state index >= 15 is 0 Å². The average molecular weight is 396 g/mol. The minimum atomic E-state index is -1.05. The lowest BCUT2D eigenvalue weighted by Gasteiger charge is -2.65. The number of carbonyl (C=O) groups excluding carboxylic acids is 1. The second-order valence-corrected chi connectivity index (χ2v) is 8.77. The van der Waals surface area contributed by atoms with Crippen LogP contribution in [0.5, 0.6) is 0 Å². The van der Waals surface area contributed by atoms with Crippen LogP contribution in [0.15, 0.2) is 35.2 Å². The van der Waals surface area contributed by atoms with Gasteiger partial charge < -0.3 is 16.0 Å². The molecule has 1 aromatic rings. The van der Waals surface area contributed by atoms with Gasteiger partial charge in [0.25, 0.3) is 0 Å². The molecule has 5 aliphatic rings. The third-order valence-corrected chi connectivity index (χ3v) is 6.74. The monoisotopic (exact) mass is 396 g/mol. The molecule has 1 saturated heterocycles. The molecule has 0 aromatic carbocycles. The van der Waals surface area contributed by atoms with Gasteiger partial charge in [-0.05, 0) is 50.2 Å². The number of carbonyl (C=O) groups is 1. The van der Waals surface area contributed by atoms with Crippen LogP contribution >= 0.6 is 0 Å². The van der Waals surface area contributed by atoms with Gasteiger partial charge in [0.1, 0.15) is 5.67 Å². The molecule has 3 aliphatic carbocycles. The topological polar surface area (TPSA) is 96.5 Å². The molecule has 8 heteroatoms. The summed E-state index contributed by atoms with van der Waals surface area (Å²) >= 11 is 0. The number of halogens is 1. The van der Waals surface area contributed by atoms with E-state index in [1.165, 1.54) is 6.20 Å². The number of allylic oxidation sites excluding steroid dienone is 1. The summed E-state index contributed by atoms with van der Waals surface area (Å²) in [6.45, 7) is 0. The van der Waals surface area contributed by atoms with Gasteiger partial charge in [-0.15, -0.1) is 0 Å². The first-order valence-corrected chi connectivity index (χ1v) is 10.1. The number of nitrogens with two attached hydrogens (primary N) is 1. The van der Waals surface area contributed by atoms with Crippen LogP contribution < -0.4 is 11.1 Å². The van der Waals surface area contributed by atoms with Crippen LogP contribution in [-0.4, -0.2) is 51.8 Å². The molecule has 29 heavy (non-hydrogen) atoms. The second-order valence-electron chi connectivity index (χ2n) is 8.77. The molecule has 4 bridgehead atoms. The van der Waals surface area contributed by atoms with Crippen LogP contribution in [0.2, 0.25) is 0 Å². The van der Waals surface area contributed by atoms with E-state index in [1.54, 1.807) is 19.5 Å². The summed E-state index contributed by atoms with van der Waals surface area (Å²) < 4.78 is 13.9. The molecule has 1 amide bonds. The summed E-state index contributed by atoms with van der Waals surface area (Å²) in [7, 11) is 1.67. The van der Waals surface area contributed by atoms with E-state index in [0.717, 1.165) is 30.5 Å². The molecule has 152 valence electrons. The van der Waals surface area contributed by atoms with Gasteiger partial charge in [0.15, 0.2) is 0 Å². The van der Waals surface area contributed by atoms with Crippen molar-refractivity contribution in [3.05, 3.63) is 35.9 Å². The molecule has 3 N–H and O–H groups in total. The highest BCUT2D eigenvalue weighted by Gasteiger charge is 2.74. The van der Waals surface area contributed by atoms with Crippen LogP contribution in [0.25, 0.3) is 5.57 Å². The van der Waals surface area contributed by atoms with Crippen LogP contribution in [-0.2, 0) is 4.79 Å². The highest BCUT2D eigenvalue weighted by Crippen LogP contribution is 2.70. The smallest absolute Gasteiger partial charge is 0.229 e. The molecule has 3 saturated carbocycles. The number of amides is 1. The normalized spacial score (nSPS) is 35.2. The average Bonchev–Trinajstić information content (AvgIpc) is 2.93. The number of nitrogens with one attached hydrogen (secondary N) is 1. The molecule has 2 atom stereocenters. The van der Waals surface area contributed by atoms with Gasteiger partial charge in [-0.2, -0.15) is 0 Å². The largest absolute Gasteiger partial charge is 0.403 e. The predicted octanol–water partition coefficient (Wildman–Crippen LogP) is 2.43. The molecule has 2 unspecified atom stereocenters. The fraction of sp³-hybridized carbons (Fsp3) is 0.524. The highest BCUT2D eigenvalue weighted by atomic mass is 19.1. The highest BCUT2D eigenvalue weighted by molar-refractivity contribution is 5.89. The standard InChI is InChI=1S/C21H25FN6O/c1-24-9-14(8-23)26-19-25-5-4-17(27-19)13-6-15-2-3-16(7-13)28(15)18(29)20-10-21(22,11-20)12-20/h4-6,8-9,15-16H,2-3,7,10-12,23H2,1H3,(H,25,26,27)/b14-8+,24-9?. The van der Waals surface area contributed by atoms with Crippen molar-refractivity contribution in [2.45, 2.75) is 56.3 Å². The van der Waals surface area contributed by atoms with E-state index < -0.39 is 11.1 Å². The number of rotatable bonds is 5. The van der Waals surface area contributed by atoms with Gasteiger partial charge >= 0.3 is 0 Å². The fourth-order valence-corrected chi connectivity index (χ4v) is 5.48. The van der Waals surface area contributed by atoms with Crippen LogP contribution in [0.3, 0.4) is 0 Å². The van der Waals surface area contributed by atoms with Crippen LogP contribution in [0.4, 0.5) is 10.3 Å². The van der Waals surface area contributed by atoms with Crippen molar-refractivity contribution in [2.75, 3.05) is 12.4 Å². The van der Waals surface area contributed by atoms with E-state index in [0.29, 0.717) is 30.9 Å². The van der Waals surface area contributed by atoms with Crippen molar-refractivity contribution >= 4 is 23.6 Å². The lowest BCUT2D eigenvalue weighted by Crippen LogP contribution is -2.71. The maximum atomic E-state index is 13.9. The van der Waals surface area contributed by atoms with Gasteiger partial charge in [0, 0.05) is 31.7 Å². The van der Waals surface area contributed by atoms with Gasteiger partial charge in [0.05, 0.1) is 22.8 Å². The number of nitrogens with zero attached hydrogens (tertiary/aromatic N) is 4. The van der Waals surface area contributed by atoms with E-state index in [1.807, 2.05) is 11.0 Å². The summed E-state index contributed by atoms with van der Waals surface area (Å²) in [5.41, 5.74) is 6.74. The maximum Gasteiger partial charge on any atom is 0.229 e. The van der Waals surface area contributed by atoms with Gasteiger partial charge in [0.2, 0.25) is 11.9 Å². The Kier molecular flexibility index (Phi) is 4.01. The molecule has 6 rings (SSSR count). The van der Waals surface area contributed by atoms with E-state index in [9.17, 15) is 9.18 Å². The molecule has 4 fully saturated rings. The van der Waals surface area contributed by atoms with Crippen molar-refractivity contribution < 1.29 is 9.18 Å². The minimum Gasteiger partial charge on any atom is -0.403 e. The summed E-state index contributed by atoms with van der Waals surface area (Å²) in [4.78, 5) is 28.0. The van der Waals surface area contributed by atoms with Gasteiger partial charge in [-0.1, -0.05) is 6.08 Å². The summed E-state index contributed by atoms with van der Waals surface area (Å²) in [5, 5.41) is 3.06. The van der Waals surface area contributed by atoms with E-state index in [-0.39, 0.29) is 18.0 Å². The van der Waals surface area contributed by atoms with Crippen LogP contribution in [0, 0.1) is 5.41 Å². The lowest BCUT2D eigenvalue weighted by atomic mass is 9.41. The minimum absolute atomic E-state index is 0.0823.